The number of benzene rings is 1. The fourth-order valence-corrected chi connectivity index (χ4v) is 1.53. The maximum atomic E-state index is 11.9. The summed E-state index contributed by atoms with van der Waals surface area (Å²) >= 11 is 0. The lowest BCUT2D eigenvalue weighted by Gasteiger charge is -2.20. The van der Waals surface area contributed by atoms with Crippen LogP contribution in [0.25, 0.3) is 0 Å². The molecule has 0 aliphatic heterocycles. The van der Waals surface area contributed by atoms with Crippen LogP contribution in [0.1, 0.15) is 36.7 Å². The lowest BCUT2D eigenvalue weighted by atomic mass is 9.86. The van der Waals surface area contributed by atoms with Crippen LogP contribution in [0.5, 0.6) is 0 Å². The van der Waals surface area contributed by atoms with Crippen LogP contribution in [0.15, 0.2) is 24.3 Å². The van der Waals surface area contributed by atoms with E-state index in [0.29, 0.717) is 5.56 Å². The van der Waals surface area contributed by atoms with Gasteiger partial charge in [0.05, 0.1) is 6.54 Å². The standard InChI is InChI=1S/C14H19NO2/c1-14(2,3)12-7-5-11(6-8-12)13(17)15(4)9-10-16/h5-8,10H,9H2,1-4H3. The van der Waals surface area contributed by atoms with E-state index < -0.39 is 0 Å². The lowest BCUT2D eigenvalue weighted by Crippen LogP contribution is -2.28. The summed E-state index contributed by atoms with van der Waals surface area (Å²) in [6.45, 7) is 6.51. The van der Waals surface area contributed by atoms with Gasteiger partial charge in [0.15, 0.2) is 0 Å². The lowest BCUT2D eigenvalue weighted by molar-refractivity contribution is -0.108. The van der Waals surface area contributed by atoms with Crippen LogP contribution in [-0.2, 0) is 10.2 Å². The Morgan fingerprint density at radius 1 is 1.24 bits per heavy atom. The first-order valence-corrected chi connectivity index (χ1v) is 5.66. The van der Waals surface area contributed by atoms with Gasteiger partial charge in [-0.3, -0.25) is 4.79 Å². The first-order chi connectivity index (χ1) is 7.86. The van der Waals surface area contributed by atoms with Crippen molar-refractivity contribution in [3.05, 3.63) is 35.4 Å². The smallest absolute Gasteiger partial charge is 0.253 e. The summed E-state index contributed by atoms with van der Waals surface area (Å²) in [6, 6.07) is 7.54. The molecular formula is C14H19NO2. The second-order valence-electron chi connectivity index (χ2n) is 5.18. The molecule has 1 aromatic carbocycles. The molecule has 0 saturated heterocycles. The number of aldehydes is 1. The molecule has 0 atom stereocenters. The maximum absolute atomic E-state index is 11.9. The molecule has 0 N–H and O–H groups in total. The first kappa shape index (κ1) is 13.4. The van der Waals surface area contributed by atoms with Gasteiger partial charge in [0.25, 0.3) is 5.91 Å². The van der Waals surface area contributed by atoms with Gasteiger partial charge < -0.3 is 9.69 Å². The predicted octanol–water partition coefficient (Wildman–Crippen LogP) is 2.25. The van der Waals surface area contributed by atoms with Crippen molar-refractivity contribution in [2.75, 3.05) is 13.6 Å². The van der Waals surface area contributed by atoms with Crippen molar-refractivity contribution in [3.63, 3.8) is 0 Å². The normalized spacial score (nSPS) is 11.1. The summed E-state index contributed by atoms with van der Waals surface area (Å²) in [5.41, 5.74) is 1.88. The van der Waals surface area contributed by atoms with E-state index in [9.17, 15) is 9.59 Å². The highest BCUT2D eigenvalue weighted by atomic mass is 16.2. The molecule has 1 rings (SSSR count). The Morgan fingerprint density at radius 2 is 1.76 bits per heavy atom. The highest BCUT2D eigenvalue weighted by molar-refractivity contribution is 5.95. The van der Waals surface area contributed by atoms with Gasteiger partial charge in [-0.05, 0) is 23.1 Å². The van der Waals surface area contributed by atoms with E-state index in [-0.39, 0.29) is 17.9 Å². The van der Waals surface area contributed by atoms with Crippen molar-refractivity contribution in [1.82, 2.24) is 4.90 Å². The Bertz CT molecular complexity index is 401. The highest BCUT2D eigenvalue weighted by Gasteiger charge is 2.15. The highest BCUT2D eigenvalue weighted by Crippen LogP contribution is 2.22. The zero-order valence-electron chi connectivity index (χ0n) is 10.9. The molecule has 0 radical (unpaired) electrons. The van der Waals surface area contributed by atoms with Crippen molar-refractivity contribution in [2.24, 2.45) is 0 Å². The van der Waals surface area contributed by atoms with E-state index in [2.05, 4.69) is 20.8 Å². The number of carbonyl (C=O) groups is 2. The molecule has 0 heterocycles. The van der Waals surface area contributed by atoms with Crippen LogP contribution in [0.4, 0.5) is 0 Å². The molecule has 0 unspecified atom stereocenters. The Labute approximate surface area is 102 Å². The number of likely N-dealkylation sites (N-methyl/N-ethyl adjacent to an activating group) is 1. The Balaban J connectivity index is 2.88. The average Bonchev–Trinajstić information content (AvgIpc) is 2.27. The van der Waals surface area contributed by atoms with Gasteiger partial charge in [0.2, 0.25) is 0 Å². The Kier molecular flexibility index (Phi) is 4.05. The molecule has 0 fully saturated rings. The summed E-state index contributed by atoms with van der Waals surface area (Å²) in [5.74, 6) is -0.127. The molecule has 0 aliphatic carbocycles. The maximum Gasteiger partial charge on any atom is 0.253 e. The first-order valence-electron chi connectivity index (χ1n) is 5.66. The molecule has 0 bridgehead atoms. The SMILES string of the molecule is CN(CC=O)C(=O)c1ccc(C(C)(C)C)cc1. The van der Waals surface area contributed by atoms with Gasteiger partial charge in [-0.15, -0.1) is 0 Å². The summed E-state index contributed by atoms with van der Waals surface area (Å²) in [4.78, 5) is 23.6. The second kappa shape index (κ2) is 5.13. The van der Waals surface area contributed by atoms with Gasteiger partial charge in [-0.1, -0.05) is 32.9 Å². The molecule has 0 saturated carbocycles. The van der Waals surface area contributed by atoms with Crippen molar-refractivity contribution >= 4 is 12.2 Å². The van der Waals surface area contributed by atoms with Crippen LogP contribution < -0.4 is 0 Å². The van der Waals surface area contributed by atoms with Crippen LogP contribution in [0, 0.1) is 0 Å². The largest absolute Gasteiger partial charge is 0.335 e. The van der Waals surface area contributed by atoms with Crippen LogP contribution in [-0.4, -0.2) is 30.7 Å². The van der Waals surface area contributed by atoms with E-state index in [0.717, 1.165) is 6.29 Å². The number of amides is 1. The van der Waals surface area contributed by atoms with E-state index in [1.54, 1.807) is 7.05 Å². The average molecular weight is 233 g/mol. The van der Waals surface area contributed by atoms with Gasteiger partial charge in [-0.25, -0.2) is 0 Å². The molecule has 1 aromatic rings. The number of hydrogen-bond acceptors (Lipinski definition) is 2. The fraction of sp³-hybridized carbons (Fsp3) is 0.429. The topological polar surface area (TPSA) is 37.4 Å². The van der Waals surface area contributed by atoms with Gasteiger partial charge >= 0.3 is 0 Å². The summed E-state index contributed by atoms with van der Waals surface area (Å²) in [6.07, 6.45) is 0.724. The number of hydrogen-bond donors (Lipinski definition) is 0. The zero-order valence-corrected chi connectivity index (χ0v) is 10.9. The summed E-state index contributed by atoms with van der Waals surface area (Å²) in [5, 5.41) is 0. The minimum absolute atomic E-state index is 0.0796. The zero-order chi connectivity index (χ0) is 13.1. The van der Waals surface area contributed by atoms with Crippen LogP contribution >= 0.6 is 0 Å². The van der Waals surface area contributed by atoms with E-state index >= 15 is 0 Å². The van der Waals surface area contributed by atoms with Crippen molar-refractivity contribution in [1.29, 1.82) is 0 Å². The molecule has 0 spiro atoms. The second-order valence-corrected chi connectivity index (χ2v) is 5.18. The monoisotopic (exact) mass is 233 g/mol. The van der Waals surface area contributed by atoms with Crippen molar-refractivity contribution < 1.29 is 9.59 Å². The molecule has 3 nitrogen and oxygen atoms in total. The van der Waals surface area contributed by atoms with E-state index in [4.69, 9.17) is 0 Å². The minimum atomic E-state index is -0.127. The third kappa shape index (κ3) is 3.41. The van der Waals surface area contributed by atoms with Crippen molar-refractivity contribution in [2.45, 2.75) is 26.2 Å². The van der Waals surface area contributed by atoms with Gasteiger partial charge in [0.1, 0.15) is 6.29 Å². The summed E-state index contributed by atoms with van der Waals surface area (Å²) < 4.78 is 0. The fourth-order valence-electron chi connectivity index (χ4n) is 1.53. The number of rotatable bonds is 3. The number of nitrogens with zero attached hydrogens (tertiary/aromatic N) is 1. The van der Waals surface area contributed by atoms with Crippen LogP contribution in [0.2, 0.25) is 0 Å². The quantitative estimate of drug-likeness (QED) is 0.751. The van der Waals surface area contributed by atoms with Gasteiger partial charge in [-0.2, -0.15) is 0 Å². The minimum Gasteiger partial charge on any atom is -0.335 e. The molecule has 17 heavy (non-hydrogen) atoms. The van der Waals surface area contributed by atoms with Crippen molar-refractivity contribution in [3.8, 4) is 0 Å². The third-order valence-corrected chi connectivity index (χ3v) is 2.69. The summed E-state index contributed by atoms with van der Waals surface area (Å²) in [7, 11) is 1.62. The molecule has 0 aliphatic rings. The van der Waals surface area contributed by atoms with E-state index in [1.807, 2.05) is 24.3 Å². The van der Waals surface area contributed by atoms with E-state index in [1.165, 1.54) is 10.5 Å². The molecular weight excluding hydrogens is 214 g/mol. The molecule has 92 valence electrons. The number of carbonyl (C=O) groups excluding carboxylic acids is 2. The molecule has 0 aromatic heterocycles. The third-order valence-electron chi connectivity index (χ3n) is 2.69. The Hall–Kier alpha value is -1.64. The molecule has 3 heteroatoms. The Morgan fingerprint density at radius 3 is 2.18 bits per heavy atom. The van der Waals surface area contributed by atoms with Gasteiger partial charge in [0, 0.05) is 12.6 Å². The predicted molar refractivity (Wildman–Crippen MR) is 68.2 cm³/mol. The van der Waals surface area contributed by atoms with Crippen LogP contribution in [0.3, 0.4) is 0 Å². The molecule has 1 amide bonds.